The first-order valence-electron chi connectivity index (χ1n) is 8.80. The third-order valence-corrected chi connectivity index (χ3v) is 7.19. The van der Waals surface area contributed by atoms with E-state index in [1.54, 1.807) is 24.0 Å². The molecule has 3 heterocycles. The Bertz CT molecular complexity index is 1360. The zero-order valence-corrected chi connectivity index (χ0v) is 18.6. The van der Waals surface area contributed by atoms with Crippen LogP contribution in [0.5, 0.6) is 0 Å². The molecule has 31 heavy (non-hydrogen) atoms. The monoisotopic (exact) mass is 479 g/mol. The second-order valence-corrected chi connectivity index (χ2v) is 9.72. The number of hydrogen-bond acceptors (Lipinski definition) is 5. The van der Waals surface area contributed by atoms with Gasteiger partial charge >= 0.3 is 10.2 Å². The van der Waals surface area contributed by atoms with Gasteiger partial charge in [-0.3, -0.25) is 9.48 Å². The molecule has 12 heteroatoms. The van der Waals surface area contributed by atoms with Gasteiger partial charge in [0.25, 0.3) is 5.91 Å². The summed E-state index contributed by atoms with van der Waals surface area (Å²) in [6, 6.07) is 7.23. The minimum Gasteiger partial charge on any atom is -0.321 e. The molecule has 2 aromatic heterocycles. The van der Waals surface area contributed by atoms with Crippen molar-refractivity contribution in [3.8, 4) is 10.4 Å². The molecule has 0 unspecified atom stereocenters. The standard InChI is InChI=1S/C19H15ClFN5O3S2/c1-25-10-11(9-22-25)17-5-6-18(30-17)15-8-16(26(2)31(28,29)24-15)19(27)23-12-3-4-14(21)13(20)7-12/h3-10H,1-2H3,(H,23,27). The molecule has 0 radical (unpaired) electrons. The minimum atomic E-state index is -4.12. The number of halogens is 2. The Morgan fingerprint density at radius 1 is 1.19 bits per heavy atom. The molecule has 8 nitrogen and oxygen atoms in total. The molecule has 1 amide bonds. The fourth-order valence-corrected chi connectivity index (χ4v) is 4.92. The quantitative estimate of drug-likeness (QED) is 0.619. The molecule has 0 saturated heterocycles. The number of carbonyl (C=O) groups is 1. The van der Waals surface area contributed by atoms with E-state index in [9.17, 15) is 17.6 Å². The predicted octanol–water partition coefficient (Wildman–Crippen LogP) is 3.44. The third kappa shape index (κ3) is 4.24. The summed E-state index contributed by atoms with van der Waals surface area (Å²) in [4.78, 5) is 14.2. The summed E-state index contributed by atoms with van der Waals surface area (Å²) < 4.78 is 44.7. The zero-order valence-electron chi connectivity index (χ0n) is 16.2. The normalized spacial score (nSPS) is 15.4. The van der Waals surface area contributed by atoms with Crippen LogP contribution in [0.2, 0.25) is 5.02 Å². The molecule has 0 fully saturated rings. The van der Waals surface area contributed by atoms with Gasteiger partial charge in [-0.05, 0) is 36.4 Å². The number of anilines is 1. The van der Waals surface area contributed by atoms with Crippen molar-refractivity contribution in [1.29, 1.82) is 0 Å². The number of thiophene rings is 1. The van der Waals surface area contributed by atoms with E-state index in [1.807, 2.05) is 12.3 Å². The van der Waals surface area contributed by atoms with Gasteiger partial charge in [0.05, 0.1) is 21.8 Å². The van der Waals surface area contributed by atoms with Crippen molar-refractivity contribution in [3.63, 3.8) is 0 Å². The number of allylic oxidation sites excluding steroid dienone is 1. The maximum absolute atomic E-state index is 13.4. The van der Waals surface area contributed by atoms with E-state index in [4.69, 9.17) is 11.6 Å². The molecule has 160 valence electrons. The second kappa shape index (κ2) is 7.91. The highest BCUT2D eigenvalue weighted by molar-refractivity contribution is 7.88. The van der Waals surface area contributed by atoms with Crippen LogP contribution in [0.3, 0.4) is 0 Å². The van der Waals surface area contributed by atoms with E-state index in [2.05, 4.69) is 14.8 Å². The van der Waals surface area contributed by atoms with Crippen molar-refractivity contribution >= 4 is 50.5 Å². The fraction of sp³-hybridized carbons (Fsp3) is 0.105. The lowest BCUT2D eigenvalue weighted by molar-refractivity contribution is -0.113. The Balaban J connectivity index is 1.66. The molecule has 0 atom stereocenters. The average Bonchev–Trinajstić information content (AvgIpc) is 3.35. The lowest BCUT2D eigenvalue weighted by Gasteiger charge is -2.23. The van der Waals surface area contributed by atoms with Crippen LogP contribution in [0, 0.1) is 5.82 Å². The summed E-state index contributed by atoms with van der Waals surface area (Å²) in [6.45, 7) is 0. The van der Waals surface area contributed by atoms with E-state index in [1.165, 1.54) is 36.6 Å². The van der Waals surface area contributed by atoms with E-state index in [-0.39, 0.29) is 22.1 Å². The van der Waals surface area contributed by atoms with Gasteiger partial charge in [-0.1, -0.05) is 11.6 Å². The molecule has 1 aromatic carbocycles. The molecular formula is C19H15ClFN5O3S2. The average molecular weight is 480 g/mol. The topological polar surface area (TPSA) is 96.7 Å². The van der Waals surface area contributed by atoms with Gasteiger partial charge in [0.1, 0.15) is 11.5 Å². The second-order valence-electron chi connectivity index (χ2n) is 6.60. The number of nitrogens with zero attached hydrogens (tertiary/aromatic N) is 4. The van der Waals surface area contributed by atoms with Gasteiger partial charge in [0.2, 0.25) is 0 Å². The number of aryl methyl sites for hydroxylation is 1. The Hall–Kier alpha value is -3.02. The van der Waals surface area contributed by atoms with E-state index in [0.717, 1.165) is 20.8 Å². The lowest BCUT2D eigenvalue weighted by Crippen LogP contribution is -2.35. The predicted molar refractivity (Wildman–Crippen MR) is 118 cm³/mol. The van der Waals surface area contributed by atoms with Crippen LogP contribution < -0.4 is 5.32 Å². The zero-order chi connectivity index (χ0) is 22.3. The van der Waals surface area contributed by atoms with Crippen molar-refractivity contribution in [2.75, 3.05) is 12.4 Å². The molecule has 1 N–H and O–H groups in total. The van der Waals surface area contributed by atoms with Gasteiger partial charge in [-0.2, -0.15) is 13.5 Å². The summed E-state index contributed by atoms with van der Waals surface area (Å²) in [6.07, 6.45) is 4.93. The Morgan fingerprint density at radius 3 is 2.61 bits per heavy atom. The van der Waals surface area contributed by atoms with Crippen LogP contribution in [0.4, 0.5) is 10.1 Å². The number of carbonyl (C=O) groups excluding carboxylic acids is 1. The Kier molecular flexibility index (Phi) is 5.42. The van der Waals surface area contributed by atoms with Crippen LogP contribution in [-0.2, 0) is 22.1 Å². The van der Waals surface area contributed by atoms with Crippen molar-refractivity contribution in [2.45, 2.75) is 0 Å². The molecule has 4 rings (SSSR count). The summed E-state index contributed by atoms with van der Waals surface area (Å²) in [7, 11) is -1.09. The third-order valence-electron chi connectivity index (χ3n) is 4.43. The van der Waals surface area contributed by atoms with Gasteiger partial charge in [-0.25, -0.2) is 8.70 Å². The van der Waals surface area contributed by atoms with Crippen molar-refractivity contribution in [2.24, 2.45) is 11.4 Å². The molecule has 0 aliphatic carbocycles. The Labute approximate surface area is 186 Å². The number of likely N-dealkylation sites (N-methyl/N-ethyl adjacent to an activating group) is 1. The maximum Gasteiger partial charge on any atom is 0.345 e. The van der Waals surface area contributed by atoms with Gasteiger partial charge < -0.3 is 5.32 Å². The minimum absolute atomic E-state index is 0.137. The van der Waals surface area contributed by atoms with E-state index in [0.29, 0.717) is 4.88 Å². The maximum atomic E-state index is 13.4. The van der Waals surface area contributed by atoms with Crippen molar-refractivity contribution in [3.05, 3.63) is 70.2 Å². The molecule has 1 aliphatic heterocycles. The number of nitrogens with one attached hydrogen (secondary N) is 1. The largest absolute Gasteiger partial charge is 0.345 e. The van der Waals surface area contributed by atoms with Gasteiger partial charge in [0.15, 0.2) is 0 Å². The first-order valence-corrected chi connectivity index (χ1v) is 11.4. The lowest BCUT2D eigenvalue weighted by atomic mass is 10.2. The summed E-state index contributed by atoms with van der Waals surface area (Å²) >= 11 is 7.07. The van der Waals surface area contributed by atoms with Crippen LogP contribution in [0.25, 0.3) is 10.4 Å². The molecule has 0 bridgehead atoms. The molecule has 1 aliphatic rings. The SMILES string of the molecule is CN1C(C(=O)Nc2ccc(F)c(Cl)c2)=CC(c2ccc(-c3cnn(C)c3)s2)=NS1(=O)=O. The highest BCUT2D eigenvalue weighted by Crippen LogP contribution is 2.30. The van der Waals surface area contributed by atoms with Crippen LogP contribution in [0.1, 0.15) is 4.88 Å². The first kappa shape index (κ1) is 21.2. The van der Waals surface area contributed by atoms with Gasteiger partial charge in [-0.15, -0.1) is 15.7 Å². The van der Waals surface area contributed by atoms with Crippen LogP contribution in [-0.4, -0.2) is 41.2 Å². The number of rotatable bonds is 4. The number of hydrogen-bond donors (Lipinski definition) is 1. The summed E-state index contributed by atoms with van der Waals surface area (Å²) in [5, 5.41) is 6.49. The van der Waals surface area contributed by atoms with Crippen LogP contribution >= 0.6 is 22.9 Å². The molecule has 3 aromatic rings. The number of aromatic nitrogens is 2. The van der Waals surface area contributed by atoms with Crippen molar-refractivity contribution in [1.82, 2.24) is 14.1 Å². The van der Waals surface area contributed by atoms with E-state index < -0.39 is 21.9 Å². The molecule has 0 saturated carbocycles. The van der Waals surface area contributed by atoms with Crippen molar-refractivity contribution < 1.29 is 17.6 Å². The highest BCUT2D eigenvalue weighted by atomic mass is 35.5. The number of benzene rings is 1. The van der Waals surface area contributed by atoms with Crippen LogP contribution in [0.15, 0.2) is 58.9 Å². The smallest absolute Gasteiger partial charge is 0.321 e. The van der Waals surface area contributed by atoms with E-state index >= 15 is 0 Å². The van der Waals surface area contributed by atoms with Gasteiger partial charge in [0, 0.05) is 36.4 Å². The fourth-order valence-electron chi connectivity index (χ4n) is 2.83. The molecular weight excluding hydrogens is 465 g/mol. The summed E-state index contributed by atoms with van der Waals surface area (Å²) in [5.74, 6) is -1.34. The summed E-state index contributed by atoms with van der Waals surface area (Å²) in [5.41, 5.74) is 1.11. The molecule has 0 spiro atoms. The Morgan fingerprint density at radius 2 is 1.94 bits per heavy atom. The first-order chi connectivity index (χ1) is 14.6. The highest BCUT2D eigenvalue weighted by Gasteiger charge is 2.30. The number of amides is 1.